The highest BCUT2D eigenvalue weighted by Crippen LogP contribution is 2.39. The van der Waals surface area contributed by atoms with Crippen LogP contribution in [0.5, 0.6) is 17.2 Å². The average Bonchev–Trinajstić information content (AvgIpc) is 2.93. The highest BCUT2D eigenvalue weighted by Gasteiger charge is 2.30. The quantitative estimate of drug-likeness (QED) is 0.400. The maximum absolute atomic E-state index is 13.2. The normalized spacial score (nSPS) is 14.9. The van der Waals surface area contributed by atoms with E-state index in [1.54, 1.807) is 14.2 Å². The van der Waals surface area contributed by atoms with E-state index in [0.29, 0.717) is 25.4 Å². The number of hydrogen-bond donors (Lipinski definition) is 1. The first-order valence-corrected chi connectivity index (χ1v) is 13.2. The van der Waals surface area contributed by atoms with Crippen molar-refractivity contribution in [1.29, 1.82) is 0 Å². The average molecular weight is 518 g/mol. The Bertz CT molecular complexity index is 1230. The van der Waals surface area contributed by atoms with Crippen molar-refractivity contribution in [1.82, 2.24) is 10.2 Å². The molecule has 1 unspecified atom stereocenters. The molecule has 1 aliphatic heterocycles. The van der Waals surface area contributed by atoms with E-state index in [4.69, 9.17) is 14.2 Å². The Kier molecular flexibility index (Phi) is 9.13. The van der Waals surface area contributed by atoms with Gasteiger partial charge in [-0.25, -0.2) is 0 Å². The van der Waals surface area contributed by atoms with Crippen molar-refractivity contribution in [2.45, 2.75) is 32.4 Å². The Balaban J connectivity index is 1.56. The van der Waals surface area contributed by atoms with Gasteiger partial charge in [-0.1, -0.05) is 30.3 Å². The summed E-state index contributed by atoms with van der Waals surface area (Å²) in [5.74, 6) is 2.24. The van der Waals surface area contributed by atoms with Gasteiger partial charge in [0.05, 0.1) is 27.4 Å². The second-order valence-electron chi connectivity index (χ2n) is 9.72. The van der Waals surface area contributed by atoms with Crippen LogP contribution in [0.4, 0.5) is 5.69 Å². The summed E-state index contributed by atoms with van der Waals surface area (Å²) < 4.78 is 16.9. The summed E-state index contributed by atoms with van der Waals surface area (Å²) in [4.78, 5) is 17.5. The molecule has 1 aliphatic rings. The number of fused-ring (bicyclic) bond motifs is 1. The molecule has 38 heavy (non-hydrogen) atoms. The van der Waals surface area contributed by atoms with Gasteiger partial charge in [-0.3, -0.25) is 9.69 Å². The summed E-state index contributed by atoms with van der Waals surface area (Å²) >= 11 is 0. The van der Waals surface area contributed by atoms with Crippen molar-refractivity contribution in [3.05, 3.63) is 82.9 Å². The van der Waals surface area contributed by atoms with Crippen molar-refractivity contribution in [2.75, 3.05) is 52.9 Å². The van der Waals surface area contributed by atoms with Crippen molar-refractivity contribution >= 4 is 11.6 Å². The van der Waals surface area contributed by atoms with Gasteiger partial charge in [-0.15, -0.1) is 0 Å². The summed E-state index contributed by atoms with van der Waals surface area (Å²) in [6, 6.07) is 20.7. The summed E-state index contributed by atoms with van der Waals surface area (Å²) in [6.07, 6.45) is 1.63. The van der Waals surface area contributed by atoms with Crippen LogP contribution in [-0.2, 0) is 24.2 Å². The molecule has 1 atom stereocenters. The Morgan fingerprint density at radius 2 is 1.71 bits per heavy atom. The Morgan fingerprint density at radius 3 is 2.39 bits per heavy atom. The van der Waals surface area contributed by atoms with Crippen molar-refractivity contribution in [3.63, 3.8) is 0 Å². The summed E-state index contributed by atoms with van der Waals surface area (Å²) in [5.41, 5.74) is 5.77. The van der Waals surface area contributed by atoms with Crippen molar-refractivity contribution in [2.24, 2.45) is 0 Å². The maximum Gasteiger partial charge on any atom is 0.234 e. The predicted molar refractivity (Wildman–Crippen MR) is 151 cm³/mol. The van der Waals surface area contributed by atoms with Crippen LogP contribution >= 0.6 is 0 Å². The molecular weight excluding hydrogens is 478 g/mol. The molecule has 0 radical (unpaired) electrons. The van der Waals surface area contributed by atoms with Gasteiger partial charge in [0.25, 0.3) is 0 Å². The highest BCUT2D eigenvalue weighted by atomic mass is 16.5. The van der Waals surface area contributed by atoms with Crippen LogP contribution in [0.15, 0.2) is 60.7 Å². The molecule has 3 aromatic rings. The molecule has 7 nitrogen and oxygen atoms in total. The summed E-state index contributed by atoms with van der Waals surface area (Å²) in [7, 11) is 7.41. The zero-order valence-corrected chi connectivity index (χ0v) is 23.1. The molecule has 0 saturated heterocycles. The Hall–Kier alpha value is -3.71. The lowest BCUT2D eigenvalue weighted by Crippen LogP contribution is -2.43. The van der Waals surface area contributed by atoms with Crippen molar-refractivity contribution < 1.29 is 19.0 Å². The van der Waals surface area contributed by atoms with Crippen molar-refractivity contribution in [3.8, 4) is 17.2 Å². The molecule has 0 saturated carbocycles. The lowest BCUT2D eigenvalue weighted by Gasteiger charge is -2.37. The van der Waals surface area contributed by atoms with Crippen LogP contribution < -0.4 is 24.4 Å². The van der Waals surface area contributed by atoms with Crippen LogP contribution in [0.2, 0.25) is 0 Å². The fourth-order valence-electron chi connectivity index (χ4n) is 5.04. The predicted octanol–water partition coefficient (Wildman–Crippen LogP) is 4.63. The molecule has 202 valence electrons. The topological polar surface area (TPSA) is 63.3 Å². The molecule has 4 rings (SSSR count). The number of nitrogens with one attached hydrogen (secondary N) is 1. The van der Waals surface area contributed by atoms with Gasteiger partial charge < -0.3 is 24.4 Å². The van der Waals surface area contributed by atoms with E-state index < -0.39 is 0 Å². The number of ether oxygens (including phenoxy) is 3. The maximum atomic E-state index is 13.2. The Morgan fingerprint density at radius 1 is 1.00 bits per heavy atom. The molecule has 1 N–H and O–H groups in total. The number of carbonyl (C=O) groups excluding carboxylic acids is 1. The Labute approximate surface area is 226 Å². The third-order valence-electron chi connectivity index (χ3n) is 7.09. The SMILES string of the molecule is CCOc1ccccc1CNC(=O)CN1CCc2cc(OC)c(OC)cc2C1Cc1ccc(N(C)C)cc1. The summed E-state index contributed by atoms with van der Waals surface area (Å²) in [6.45, 7) is 4.07. The van der Waals surface area contributed by atoms with E-state index in [2.05, 4.69) is 51.5 Å². The molecule has 0 aromatic heterocycles. The standard InChI is InChI=1S/C31H39N3O4/c1-6-38-28-10-8-7-9-24(28)20-32-31(35)21-34-16-15-23-18-29(36-4)30(37-5)19-26(23)27(34)17-22-11-13-25(14-12-22)33(2)3/h7-14,18-19,27H,6,15-17,20-21H2,1-5H3,(H,32,35). The minimum absolute atomic E-state index is 0.00631. The van der Waals surface area contributed by atoms with Crippen LogP contribution in [0.25, 0.3) is 0 Å². The number of nitrogens with zero attached hydrogens (tertiary/aromatic N) is 2. The number of anilines is 1. The third-order valence-corrected chi connectivity index (χ3v) is 7.09. The number of methoxy groups -OCH3 is 2. The number of benzene rings is 3. The van der Waals surface area contributed by atoms with Gasteiger partial charge in [0.2, 0.25) is 5.91 Å². The molecular formula is C31H39N3O4. The number of hydrogen-bond acceptors (Lipinski definition) is 6. The van der Waals surface area contributed by atoms with E-state index >= 15 is 0 Å². The van der Waals surface area contributed by atoms with Gasteiger partial charge in [0.1, 0.15) is 5.75 Å². The van der Waals surface area contributed by atoms with Crippen LogP contribution in [0.1, 0.15) is 35.2 Å². The van der Waals surface area contributed by atoms with Gasteiger partial charge in [-0.05, 0) is 66.8 Å². The molecule has 3 aromatic carbocycles. The van der Waals surface area contributed by atoms with E-state index in [0.717, 1.165) is 42.1 Å². The monoisotopic (exact) mass is 517 g/mol. The van der Waals surface area contributed by atoms with E-state index in [1.165, 1.54) is 16.7 Å². The molecule has 1 heterocycles. The fourth-order valence-corrected chi connectivity index (χ4v) is 5.04. The van der Waals surface area contributed by atoms with E-state index in [-0.39, 0.29) is 11.9 Å². The number of rotatable bonds is 11. The number of para-hydroxylation sites is 1. The van der Waals surface area contributed by atoms with Gasteiger partial charge >= 0.3 is 0 Å². The lowest BCUT2D eigenvalue weighted by molar-refractivity contribution is -0.123. The smallest absolute Gasteiger partial charge is 0.234 e. The zero-order valence-electron chi connectivity index (χ0n) is 23.1. The second-order valence-corrected chi connectivity index (χ2v) is 9.72. The molecule has 0 aliphatic carbocycles. The molecule has 0 fully saturated rings. The minimum atomic E-state index is -0.00631. The summed E-state index contributed by atoms with van der Waals surface area (Å²) in [5, 5.41) is 3.10. The number of carbonyl (C=O) groups is 1. The first-order chi connectivity index (χ1) is 18.4. The first kappa shape index (κ1) is 27.3. The fraction of sp³-hybridized carbons (Fsp3) is 0.387. The van der Waals surface area contributed by atoms with Gasteiger partial charge in [0.15, 0.2) is 11.5 Å². The zero-order chi connectivity index (χ0) is 27.1. The molecule has 7 heteroatoms. The molecule has 1 amide bonds. The van der Waals surface area contributed by atoms with E-state index in [9.17, 15) is 4.79 Å². The van der Waals surface area contributed by atoms with Crippen LogP contribution in [0.3, 0.4) is 0 Å². The largest absolute Gasteiger partial charge is 0.494 e. The first-order valence-electron chi connectivity index (χ1n) is 13.2. The highest BCUT2D eigenvalue weighted by molar-refractivity contribution is 5.78. The number of amides is 1. The van der Waals surface area contributed by atoms with Crippen LogP contribution in [0, 0.1) is 0 Å². The lowest BCUT2D eigenvalue weighted by atomic mass is 9.88. The van der Waals surface area contributed by atoms with Gasteiger partial charge in [0, 0.05) is 44.5 Å². The van der Waals surface area contributed by atoms with E-state index in [1.807, 2.05) is 45.3 Å². The van der Waals surface area contributed by atoms with Crippen LogP contribution in [-0.4, -0.2) is 58.8 Å². The molecule has 0 bridgehead atoms. The molecule has 0 spiro atoms. The second kappa shape index (κ2) is 12.7. The minimum Gasteiger partial charge on any atom is -0.494 e. The van der Waals surface area contributed by atoms with Gasteiger partial charge in [-0.2, -0.15) is 0 Å². The third kappa shape index (κ3) is 6.40.